The van der Waals surface area contributed by atoms with Crippen molar-refractivity contribution in [1.82, 2.24) is 14.7 Å². The number of hydrogen-bond donors (Lipinski definition) is 1. The zero-order valence-electron chi connectivity index (χ0n) is 18.0. The quantitative estimate of drug-likeness (QED) is 0.552. The number of nitrogens with zero attached hydrogens (tertiary/aromatic N) is 3. The van der Waals surface area contributed by atoms with Crippen molar-refractivity contribution in [1.29, 1.82) is 0 Å². The summed E-state index contributed by atoms with van der Waals surface area (Å²) < 4.78 is 6.64. The van der Waals surface area contributed by atoms with Gasteiger partial charge in [-0.25, -0.2) is 9.48 Å². The Morgan fingerprint density at radius 3 is 2.34 bits per heavy atom. The third-order valence-corrected chi connectivity index (χ3v) is 4.98. The molecule has 32 heavy (non-hydrogen) atoms. The lowest BCUT2D eigenvalue weighted by Gasteiger charge is -2.11. The molecule has 0 bridgehead atoms. The fraction of sp³-hybridized carbons (Fsp3) is 0.217. The van der Waals surface area contributed by atoms with Crippen LogP contribution in [0, 0.1) is 6.92 Å². The molecule has 0 aliphatic carbocycles. The number of aromatic nitrogens is 2. The normalized spacial score (nSPS) is 10.5. The Morgan fingerprint density at radius 2 is 1.72 bits per heavy atom. The predicted octanol–water partition coefficient (Wildman–Crippen LogP) is 3.39. The Balaban J connectivity index is 1.58. The van der Waals surface area contributed by atoms with Crippen LogP contribution in [-0.2, 0) is 16.1 Å². The van der Waals surface area contributed by atoms with E-state index in [2.05, 4.69) is 10.4 Å². The van der Waals surface area contributed by atoms with Crippen molar-refractivity contribution in [3.8, 4) is 0 Å². The van der Waals surface area contributed by atoms with Crippen LogP contribution in [0.25, 0.3) is 0 Å². The fourth-order valence-electron chi connectivity index (χ4n) is 3.00. The van der Waals surface area contributed by atoms with Crippen LogP contribution in [0.2, 0.25) is 5.15 Å². The summed E-state index contributed by atoms with van der Waals surface area (Å²) in [5, 5.41) is 7.08. The minimum atomic E-state index is -0.728. The third-order valence-electron chi connectivity index (χ3n) is 4.60. The van der Waals surface area contributed by atoms with E-state index in [1.165, 1.54) is 9.58 Å². The van der Waals surface area contributed by atoms with Crippen molar-refractivity contribution < 1.29 is 19.1 Å². The standard InChI is InChI=1S/C23H23ClN4O4/c1-15-20(21(24)28(26-15)13-16-7-5-4-6-8-16)23(31)32-14-19(29)25-18-11-9-17(10-12-18)22(30)27(2)3/h4-12H,13-14H2,1-3H3,(H,25,29). The molecule has 0 saturated carbocycles. The van der Waals surface area contributed by atoms with E-state index in [0.717, 1.165) is 5.56 Å². The van der Waals surface area contributed by atoms with E-state index in [1.807, 2.05) is 30.3 Å². The zero-order valence-corrected chi connectivity index (χ0v) is 18.7. The topological polar surface area (TPSA) is 93.5 Å². The molecular formula is C23H23ClN4O4. The van der Waals surface area contributed by atoms with Gasteiger partial charge in [-0.2, -0.15) is 5.10 Å². The first-order valence-electron chi connectivity index (χ1n) is 9.81. The molecule has 1 aromatic heterocycles. The monoisotopic (exact) mass is 454 g/mol. The van der Waals surface area contributed by atoms with Gasteiger partial charge in [0.05, 0.1) is 12.2 Å². The number of carbonyl (C=O) groups is 3. The molecule has 3 rings (SSSR count). The summed E-state index contributed by atoms with van der Waals surface area (Å²) in [4.78, 5) is 38.1. The molecule has 166 valence electrons. The second-order valence-corrected chi connectivity index (χ2v) is 7.65. The zero-order chi connectivity index (χ0) is 23.3. The Bertz CT molecular complexity index is 1120. The van der Waals surface area contributed by atoms with Crippen molar-refractivity contribution >= 4 is 35.1 Å². The number of nitrogens with one attached hydrogen (secondary N) is 1. The summed E-state index contributed by atoms with van der Waals surface area (Å²) in [5.74, 6) is -1.39. The highest BCUT2D eigenvalue weighted by Gasteiger charge is 2.22. The van der Waals surface area contributed by atoms with Crippen LogP contribution in [0.3, 0.4) is 0 Å². The molecule has 0 radical (unpaired) electrons. The van der Waals surface area contributed by atoms with Crippen molar-refractivity contribution in [2.75, 3.05) is 26.0 Å². The molecule has 2 aromatic carbocycles. The SMILES string of the molecule is Cc1nn(Cc2ccccc2)c(Cl)c1C(=O)OCC(=O)Nc1ccc(C(=O)N(C)C)cc1. The van der Waals surface area contributed by atoms with E-state index < -0.39 is 18.5 Å². The second kappa shape index (κ2) is 10.1. The number of ether oxygens (including phenoxy) is 1. The van der Waals surface area contributed by atoms with Crippen molar-refractivity contribution in [2.24, 2.45) is 0 Å². The van der Waals surface area contributed by atoms with Gasteiger partial charge in [0.1, 0.15) is 10.7 Å². The molecule has 8 nitrogen and oxygen atoms in total. The average Bonchev–Trinajstić information content (AvgIpc) is 3.05. The Morgan fingerprint density at radius 1 is 1.06 bits per heavy atom. The summed E-state index contributed by atoms with van der Waals surface area (Å²) in [7, 11) is 3.32. The maximum atomic E-state index is 12.5. The highest BCUT2D eigenvalue weighted by atomic mass is 35.5. The van der Waals surface area contributed by atoms with Gasteiger partial charge in [0.2, 0.25) is 0 Å². The maximum Gasteiger partial charge on any atom is 0.343 e. The molecule has 0 atom stereocenters. The van der Waals surface area contributed by atoms with Crippen LogP contribution in [0.15, 0.2) is 54.6 Å². The fourth-order valence-corrected chi connectivity index (χ4v) is 3.31. The number of esters is 1. The molecule has 1 N–H and O–H groups in total. The van der Waals surface area contributed by atoms with Gasteiger partial charge in [-0.05, 0) is 36.8 Å². The number of carbonyl (C=O) groups excluding carboxylic acids is 3. The van der Waals surface area contributed by atoms with Crippen molar-refractivity contribution in [3.63, 3.8) is 0 Å². The number of aryl methyl sites for hydroxylation is 1. The molecule has 0 unspecified atom stereocenters. The van der Waals surface area contributed by atoms with Crippen LogP contribution in [0.1, 0.15) is 32.0 Å². The van der Waals surface area contributed by atoms with Crippen LogP contribution < -0.4 is 5.32 Å². The van der Waals surface area contributed by atoms with Gasteiger partial charge in [-0.3, -0.25) is 9.59 Å². The van der Waals surface area contributed by atoms with Gasteiger partial charge in [-0.15, -0.1) is 0 Å². The van der Waals surface area contributed by atoms with Crippen molar-refractivity contribution in [3.05, 3.63) is 82.1 Å². The Hall–Kier alpha value is -3.65. The molecular weight excluding hydrogens is 432 g/mol. The van der Waals surface area contributed by atoms with Gasteiger partial charge in [0.25, 0.3) is 11.8 Å². The summed E-state index contributed by atoms with van der Waals surface area (Å²) >= 11 is 6.35. The molecule has 1 heterocycles. The summed E-state index contributed by atoms with van der Waals surface area (Å²) in [6.45, 7) is 1.57. The molecule has 0 saturated heterocycles. The minimum absolute atomic E-state index is 0.127. The number of amides is 2. The van der Waals surface area contributed by atoms with Crippen LogP contribution in [0.4, 0.5) is 5.69 Å². The molecule has 3 aromatic rings. The first-order valence-corrected chi connectivity index (χ1v) is 10.2. The largest absolute Gasteiger partial charge is 0.452 e. The predicted molar refractivity (Wildman–Crippen MR) is 121 cm³/mol. The van der Waals surface area contributed by atoms with Gasteiger partial charge in [0.15, 0.2) is 6.61 Å². The summed E-state index contributed by atoms with van der Waals surface area (Å²) in [6, 6.07) is 16.0. The lowest BCUT2D eigenvalue weighted by atomic mass is 10.2. The first-order chi connectivity index (χ1) is 15.3. The average molecular weight is 455 g/mol. The van der Waals surface area contributed by atoms with Gasteiger partial charge >= 0.3 is 5.97 Å². The van der Waals surface area contributed by atoms with Crippen LogP contribution in [0.5, 0.6) is 0 Å². The highest BCUT2D eigenvalue weighted by molar-refractivity contribution is 6.32. The Kier molecular flexibility index (Phi) is 7.27. The van der Waals surface area contributed by atoms with Gasteiger partial charge in [0, 0.05) is 25.3 Å². The number of benzene rings is 2. The van der Waals surface area contributed by atoms with Crippen molar-refractivity contribution in [2.45, 2.75) is 13.5 Å². The van der Waals surface area contributed by atoms with E-state index in [9.17, 15) is 14.4 Å². The van der Waals surface area contributed by atoms with E-state index in [0.29, 0.717) is 23.5 Å². The van der Waals surface area contributed by atoms with Gasteiger partial charge in [-0.1, -0.05) is 41.9 Å². The van der Waals surface area contributed by atoms with Crippen LogP contribution in [-0.4, -0.2) is 53.2 Å². The smallest absolute Gasteiger partial charge is 0.343 e. The number of halogens is 1. The van der Waals surface area contributed by atoms with E-state index >= 15 is 0 Å². The maximum absolute atomic E-state index is 12.5. The lowest BCUT2D eigenvalue weighted by Crippen LogP contribution is -2.22. The molecule has 0 fully saturated rings. The number of rotatable bonds is 7. The lowest BCUT2D eigenvalue weighted by molar-refractivity contribution is -0.119. The second-order valence-electron chi connectivity index (χ2n) is 7.30. The summed E-state index contributed by atoms with van der Waals surface area (Å²) in [5.41, 5.74) is 2.50. The molecule has 0 spiro atoms. The number of hydrogen-bond acceptors (Lipinski definition) is 5. The molecule has 0 aliphatic rings. The van der Waals surface area contributed by atoms with E-state index in [4.69, 9.17) is 16.3 Å². The molecule has 9 heteroatoms. The number of anilines is 1. The van der Waals surface area contributed by atoms with E-state index in [-0.39, 0.29) is 16.6 Å². The highest BCUT2D eigenvalue weighted by Crippen LogP contribution is 2.22. The third kappa shape index (κ3) is 5.53. The Labute approximate surface area is 190 Å². The van der Waals surface area contributed by atoms with Crippen LogP contribution >= 0.6 is 11.6 Å². The molecule has 0 aliphatic heterocycles. The minimum Gasteiger partial charge on any atom is -0.452 e. The first kappa shape index (κ1) is 23.0. The van der Waals surface area contributed by atoms with E-state index in [1.54, 1.807) is 45.3 Å². The molecule has 2 amide bonds. The van der Waals surface area contributed by atoms with Gasteiger partial charge < -0.3 is 15.0 Å². The summed E-state index contributed by atoms with van der Waals surface area (Å²) in [6.07, 6.45) is 0.